The molecule has 3 rings (SSSR count). The van der Waals surface area contributed by atoms with Crippen molar-refractivity contribution in [1.82, 2.24) is 0 Å². The van der Waals surface area contributed by atoms with Crippen molar-refractivity contribution in [3.63, 3.8) is 0 Å². The van der Waals surface area contributed by atoms with Gasteiger partial charge in [-0.25, -0.2) is 0 Å². The van der Waals surface area contributed by atoms with Crippen LogP contribution in [0.4, 0.5) is 0 Å². The van der Waals surface area contributed by atoms with Crippen LogP contribution >= 0.6 is 11.6 Å². The minimum Gasteiger partial charge on any atom is -0.459 e. The molecule has 1 unspecified atom stereocenters. The Morgan fingerprint density at radius 2 is 2.12 bits per heavy atom. The molecule has 1 aliphatic carbocycles. The van der Waals surface area contributed by atoms with E-state index in [9.17, 15) is 0 Å². The fourth-order valence-corrected chi connectivity index (χ4v) is 2.41. The van der Waals surface area contributed by atoms with E-state index in [4.69, 9.17) is 21.8 Å². The van der Waals surface area contributed by atoms with E-state index in [2.05, 4.69) is 0 Å². The van der Waals surface area contributed by atoms with Gasteiger partial charge in [-0.1, -0.05) is 18.0 Å². The van der Waals surface area contributed by atoms with Crippen LogP contribution in [0.3, 0.4) is 0 Å². The molecule has 1 aromatic carbocycles. The van der Waals surface area contributed by atoms with Gasteiger partial charge < -0.3 is 10.2 Å². The lowest BCUT2D eigenvalue weighted by atomic mass is 9.79. The van der Waals surface area contributed by atoms with Crippen LogP contribution in [-0.4, -0.2) is 0 Å². The normalized spacial score (nSPS) is 18.6. The summed E-state index contributed by atoms with van der Waals surface area (Å²) in [5.74, 6) is 1.48. The summed E-state index contributed by atoms with van der Waals surface area (Å²) in [6.07, 6.45) is 3.74. The van der Waals surface area contributed by atoms with Crippen molar-refractivity contribution in [1.29, 1.82) is 0 Å². The van der Waals surface area contributed by atoms with E-state index in [-0.39, 0.29) is 6.04 Å². The van der Waals surface area contributed by atoms with E-state index in [0.29, 0.717) is 5.92 Å². The van der Waals surface area contributed by atoms with Gasteiger partial charge in [-0.3, -0.25) is 0 Å². The van der Waals surface area contributed by atoms with Crippen LogP contribution in [0, 0.1) is 5.92 Å². The number of rotatable bonds is 2. The van der Waals surface area contributed by atoms with Crippen molar-refractivity contribution in [2.24, 2.45) is 11.7 Å². The van der Waals surface area contributed by atoms with Gasteiger partial charge in [0.1, 0.15) is 11.3 Å². The van der Waals surface area contributed by atoms with Gasteiger partial charge in [-0.2, -0.15) is 0 Å². The summed E-state index contributed by atoms with van der Waals surface area (Å²) in [6.45, 7) is 0. The third-order valence-corrected chi connectivity index (χ3v) is 3.72. The van der Waals surface area contributed by atoms with Crippen molar-refractivity contribution in [3.8, 4) is 0 Å². The van der Waals surface area contributed by atoms with Crippen LogP contribution in [0.5, 0.6) is 0 Å². The number of benzene rings is 1. The standard InChI is InChI=1S/C13H14ClNO/c14-10-4-5-11-9(6-10)7-12(16-11)13(15)8-2-1-3-8/h4-8,13H,1-3,15H2. The van der Waals surface area contributed by atoms with Gasteiger partial charge >= 0.3 is 0 Å². The van der Waals surface area contributed by atoms with Crippen molar-refractivity contribution < 1.29 is 4.42 Å². The number of furan rings is 1. The first-order valence-electron chi connectivity index (χ1n) is 5.68. The molecule has 1 aliphatic rings. The second-order valence-corrected chi connectivity index (χ2v) is 4.98. The van der Waals surface area contributed by atoms with E-state index in [1.54, 1.807) is 0 Å². The Kier molecular flexibility index (Phi) is 2.41. The second-order valence-electron chi connectivity index (χ2n) is 4.55. The lowest BCUT2D eigenvalue weighted by Gasteiger charge is -2.29. The quantitative estimate of drug-likeness (QED) is 0.858. The van der Waals surface area contributed by atoms with E-state index in [1.807, 2.05) is 24.3 Å². The maximum atomic E-state index is 6.18. The van der Waals surface area contributed by atoms with E-state index in [1.165, 1.54) is 19.3 Å². The van der Waals surface area contributed by atoms with Gasteiger partial charge in [0, 0.05) is 10.4 Å². The molecule has 3 heteroatoms. The summed E-state index contributed by atoms with van der Waals surface area (Å²) in [7, 11) is 0. The molecule has 0 amide bonds. The highest BCUT2D eigenvalue weighted by Gasteiger charge is 2.27. The molecule has 16 heavy (non-hydrogen) atoms. The van der Waals surface area contributed by atoms with E-state index in [0.717, 1.165) is 21.8 Å². The van der Waals surface area contributed by atoms with Crippen molar-refractivity contribution in [3.05, 3.63) is 35.0 Å². The molecule has 0 saturated heterocycles. The number of nitrogens with two attached hydrogens (primary N) is 1. The molecular weight excluding hydrogens is 222 g/mol. The fourth-order valence-electron chi connectivity index (χ4n) is 2.23. The van der Waals surface area contributed by atoms with Crippen LogP contribution in [-0.2, 0) is 0 Å². The zero-order valence-corrected chi connectivity index (χ0v) is 9.70. The third-order valence-electron chi connectivity index (χ3n) is 3.48. The molecule has 0 aliphatic heterocycles. The summed E-state index contributed by atoms with van der Waals surface area (Å²) in [5, 5.41) is 1.77. The highest BCUT2D eigenvalue weighted by Crippen LogP contribution is 2.38. The van der Waals surface area contributed by atoms with Gasteiger partial charge in [0.05, 0.1) is 6.04 Å². The SMILES string of the molecule is NC(c1cc2cc(Cl)ccc2o1)C1CCC1. The molecule has 0 radical (unpaired) electrons. The van der Waals surface area contributed by atoms with Gasteiger partial charge in [0.2, 0.25) is 0 Å². The molecule has 0 spiro atoms. The Morgan fingerprint density at radius 1 is 1.31 bits per heavy atom. The van der Waals surface area contributed by atoms with Gasteiger partial charge in [-0.15, -0.1) is 0 Å². The van der Waals surface area contributed by atoms with Crippen molar-refractivity contribution >= 4 is 22.6 Å². The molecule has 1 heterocycles. The van der Waals surface area contributed by atoms with Crippen molar-refractivity contribution in [2.75, 3.05) is 0 Å². The molecule has 2 aromatic rings. The monoisotopic (exact) mass is 235 g/mol. The minimum atomic E-state index is 0.0416. The second kappa shape index (κ2) is 3.79. The van der Waals surface area contributed by atoms with Crippen LogP contribution < -0.4 is 5.73 Å². The first kappa shape index (κ1) is 10.2. The Bertz CT molecular complexity index is 516. The molecule has 1 saturated carbocycles. The molecule has 84 valence electrons. The zero-order chi connectivity index (χ0) is 11.1. The van der Waals surface area contributed by atoms with E-state index < -0.39 is 0 Å². The predicted molar refractivity (Wildman–Crippen MR) is 65.5 cm³/mol. The molecule has 1 aromatic heterocycles. The van der Waals surface area contributed by atoms with Crippen LogP contribution in [0.1, 0.15) is 31.1 Å². The number of hydrogen-bond acceptors (Lipinski definition) is 2. The van der Waals surface area contributed by atoms with Crippen LogP contribution in [0.2, 0.25) is 5.02 Å². The first-order chi connectivity index (χ1) is 7.74. The van der Waals surface area contributed by atoms with E-state index >= 15 is 0 Å². The zero-order valence-electron chi connectivity index (χ0n) is 8.95. The Morgan fingerprint density at radius 3 is 2.81 bits per heavy atom. The van der Waals surface area contributed by atoms with Gasteiger partial charge in [0.25, 0.3) is 0 Å². The summed E-state index contributed by atoms with van der Waals surface area (Å²) in [4.78, 5) is 0. The average molecular weight is 236 g/mol. The van der Waals surface area contributed by atoms with Gasteiger partial charge in [-0.05, 0) is 43.0 Å². The van der Waals surface area contributed by atoms with Crippen molar-refractivity contribution in [2.45, 2.75) is 25.3 Å². The summed E-state index contributed by atoms with van der Waals surface area (Å²) in [5.41, 5.74) is 7.05. The lowest BCUT2D eigenvalue weighted by molar-refractivity contribution is 0.244. The maximum Gasteiger partial charge on any atom is 0.134 e. The molecular formula is C13H14ClNO. The Labute approximate surface area is 99.4 Å². The van der Waals surface area contributed by atoms with Crippen LogP contribution in [0.15, 0.2) is 28.7 Å². The number of halogens is 1. The molecule has 1 atom stereocenters. The van der Waals surface area contributed by atoms with Crippen LogP contribution in [0.25, 0.3) is 11.0 Å². The summed E-state index contributed by atoms with van der Waals surface area (Å²) >= 11 is 5.94. The predicted octanol–water partition coefficient (Wildman–Crippen LogP) is 3.89. The number of fused-ring (bicyclic) bond motifs is 1. The smallest absolute Gasteiger partial charge is 0.134 e. The summed E-state index contributed by atoms with van der Waals surface area (Å²) in [6, 6.07) is 7.71. The van der Waals surface area contributed by atoms with Gasteiger partial charge in [0.15, 0.2) is 0 Å². The third kappa shape index (κ3) is 1.62. The topological polar surface area (TPSA) is 39.2 Å². The maximum absolute atomic E-state index is 6.18. The highest BCUT2D eigenvalue weighted by molar-refractivity contribution is 6.31. The lowest BCUT2D eigenvalue weighted by Crippen LogP contribution is -2.26. The first-order valence-corrected chi connectivity index (χ1v) is 6.06. The largest absolute Gasteiger partial charge is 0.459 e. The molecule has 1 fully saturated rings. The summed E-state index contributed by atoms with van der Waals surface area (Å²) < 4.78 is 5.76. The Balaban J connectivity index is 1.97. The molecule has 2 nitrogen and oxygen atoms in total. The Hall–Kier alpha value is -0.990. The fraction of sp³-hybridized carbons (Fsp3) is 0.385. The number of hydrogen-bond donors (Lipinski definition) is 1. The minimum absolute atomic E-state index is 0.0416. The highest BCUT2D eigenvalue weighted by atomic mass is 35.5. The molecule has 2 N–H and O–H groups in total. The molecule has 0 bridgehead atoms. The average Bonchev–Trinajstić information content (AvgIpc) is 2.57.